The second kappa shape index (κ2) is 11.9. The zero-order valence-corrected chi connectivity index (χ0v) is 27.4. The third kappa shape index (κ3) is 5.58. The minimum atomic E-state index is -0.485. The third-order valence-corrected chi connectivity index (χ3v) is 9.95. The van der Waals surface area contributed by atoms with Crippen LogP contribution >= 0.6 is 23.9 Å². The fourth-order valence-corrected chi connectivity index (χ4v) is 7.54. The highest BCUT2D eigenvalue weighted by atomic mass is 79.9. The summed E-state index contributed by atoms with van der Waals surface area (Å²) in [6.07, 6.45) is 11.8. The normalized spacial score (nSPS) is 17.8. The molecule has 13 heteroatoms. The van der Waals surface area contributed by atoms with Crippen molar-refractivity contribution in [2.24, 2.45) is 7.05 Å². The van der Waals surface area contributed by atoms with E-state index in [1.54, 1.807) is 25.7 Å². The van der Waals surface area contributed by atoms with Crippen LogP contribution in [0.5, 0.6) is 5.75 Å². The summed E-state index contributed by atoms with van der Waals surface area (Å²) >= 11 is 3.64. The van der Waals surface area contributed by atoms with Gasteiger partial charge < -0.3 is 25.0 Å². The predicted octanol–water partition coefficient (Wildman–Crippen LogP) is 5.81. The van der Waals surface area contributed by atoms with Crippen LogP contribution in [-0.4, -0.2) is 75.5 Å². The highest BCUT2D eigenvalue weighted by molar-refractivity contribution is 9.10. The predicted molar refractivity (Wildman–Crippen MR) is 180 cm³/mol. The standard InChI is InChI=1S/C31H33BrN9O2P/c1-40-15-18(13-36-40)21-11-25(27(42-2)12-26(21)41-16-19-5-6-20(17-41)43-19)38-31-35-14-22(32)30(39-31)37-24-8-7-23-28(29(24)44(3)4)34-10-9-33-23/h7-15,19-20H,5-6,16-17H2,1-4H3,(H2,35,37,38,39). The maximum atomic E-state index is 6.13. The molecule has 0 amide bonds. The van der Waals surface area contributed by atoms with Gasteiger partial charge in [-0.15, -0.1) is 0 Å². The van der Waals surface area contributed by atoms with E-state index in [0.29, 0.717) is 17.5 Å². The molecule has 226 valence electrons. The summed E-state index contributed by atoms with van der Waals surface area (Å²) < 4.78 is 14.6. The van der Waals surface area contributed by atoms with Crippen molar-refractivity contribution in [3.63, 3.8) is 0 Å². The number of morpholine rings is 1. The van der Waals surface area contributed by atoms with Crippen molar-refractivity contribution in [3.8, 4) is 16.9 Å². The lowest BCUT2D eigenvalue weighted by Crippen LogP contribution is -2.42. The van der Waals surface area contributed by atoms with E-state index in [2.05, 4.69) is 77.0 Å². The molecule has 2 aliphatic rings. The van der Waals surface area contributed by atoms with Gasteiger partial charge in [0.25, 0.3) is 0 Å². The Hall–Kier alpha value is -3.86. The van der Waals surface area contributed by atoms with Gasteiger partial charge in [-0.1, -0.05) is 7.92 Å². The zero-order chi connectivity index (χ0) is 30.4. The van der Waals surface area contributed by atoms with Crippen molar-refractivity contribution in [2.75, 3.05) is 49.1 Å². The van der Waals surface area contributed by atoms with E-state index in [1.165, 1.54) is 0 Å². The monoisotopic (exact) mass is 673 g/mol. The number of ether oxygens (including phenoxy) is 2. The van der Waals surface area contributed by atoms with Crippen LogP contribution in [0, 0.1) is 0 Å². The lowest BCUT2D eigenvalue weighted by Gasteiger charge is -2.35. The molecule has 44 heavy (non-hydrogen) atoms. The number of anilines is 5. The summed E-state index contributed by atoms with van der Waals surface area (Å²) in [7, 11) is 3.13. The van der Waals surface area contributed by atoms with E-state index in [4.69, 9.17) is 14.5 Å². The van der Waals surface area contributed by atoms with Crippen LogP contribution in [0.15, 0.2) is 59.7 Å². The Balaban J connectivity index is 1.24. The number of aromatic nitrogens is 6. The number of halogens is 1. The number of nitrogens with one attached hydrogen (secondary N) is 2. The fraction of sp³-hybridized carbons (Fsp3) is 0.323. The molecule has 0 saturated carbocycles. The first-order valence-electron chi connectivity index (χ1n) is 14.5. The molecular formula is C31H33BrN9O2P. The van der Waals surface area contributed by atoms with Gasteiger partial charge in [0.2, 0.25) is 5.95 Å². The van der Waals surface area contributed by atoms with Crippen molar-refractivity contribution in [3.05, 3.63) is 59.7 Å². The number of methoxy groups -OCH3 is 1. The van der Waals surface area contributed by atoms with Gasteiger partial charge >= 0.3 is 0 Å². The number of nitrogens with zero attached hydrogens (tertiary/aromatic N) is 7. The summed E-state index contributed by atoms with van der Waals surface area (Å²) in [5.74, 6) is 1.77. The Morgan fingerprint density at radius 2 is 1.80 bits per heavy atom. The first-order chi connectivity index (χ1) is 21.4. The number of hydrogen-bond donors (Lipinski definition) is 2. The Morgan fingerprint density at radius 1 is 1.00 bits per heavy atom. The highest BCUT2D eigenvalue weighted by Gasteiger charge is 2.35. The second-order valence-corrected chi connectivity index (χ2v) is 14.3. The van der Waals surface area contributed by atoms with Crippen LogP contribution in [0.3, 0.4) is 0 Å². The Kier molecular flexibility index (Phi) is 7.82. The average molecular weight is 675 g/mol. The summed E-state index contributed by atoms with van der Waals surface area (Å²) in [6, 6.07) is 8.22. The van der Waals surface area contributed by atoms with Gasteiger partial charge in [0.15, 0.2) is 0 Å². The number of aryl methyl sites for hydroxylation is 1. The van der Waals surface area contributed by atoms with E-state index in [9.17, 15) is 0 Å². The van der Waals surface area contributed by atoms with Crippen LogP contribution in [-0.2, 0) is 11.8 Å². The molecule has 2 unspecified atom stereocenters. The number of rotatable bonds is 8. The summed E-state index contributed by atoms with van der Waals surface area (Å²) in [4.78, 5) is 21.0. The summed E-state index contributed by atoms with van der Waals surface area (Å²) in [5, 5.41) is 12.5. The largest absolute Gasteiger partial charge is 0.494 e. The van der Waals surface area contributed by atoms with Crippen molar-refractivity contribution >= 4 is 69.0 Å². The van der Waals surface area contributed by atoms with E-state index >= 15 is 0 Å². The first kappa shape index (κ1) is 28.9. The third-order valence-electron chi connectivity index (χ3n) is 8.02. The molecule has 0 aliphatic carbocycles. The van der Waals surface area contributed by atoms with Crippen molar-refractivity contribution in [2.45, 2.75) is 25.0 Å². The molecule has 2 bridgehead atoms. The van der Waals surface area contributed by atoms with E-state index in [-0.39, 0.29) is 12.2 Å². The van der Waals surface area contributed by atoms with Gasteiger partial charge in [0.05, 0.1) is 46.7 Å². The van der Waals surface area contributed by atoms with Gasteiger partial charge in [-0.3, -0.25) is 14.6 Å². The SMILES string of the molecule is COc1cc(N2CC3CCC(C2)O3)c(-c2cnn(C)c2)cc1Nc1ncc(Br)c(Nc2ccc3nccnc3c2P(C)C)n1. The number of fused-ring (bicyclic) bond motifs is 3. The summed E-state index contributed by atoms with van der Waals surface area (Å²) in [6.45, 7) is 6.13. The number of hydrogen-bond acceptors (Lipinski definition) is 10. The van der Waals surface area contributed by atoms with Crippen molar-refractivity contribution in [1.82, 2.24) is 29.7 Å². The van der Waals surface area contributed by atoms with Gasteiger partial charge in [-0.05, 0) is 60.3 Å². The van der Waals surface area contributed by atoms with Gasteiger partial charge in [0, 0.05) is 78.8 Å². The smallest absolute Gasteiger partial charge is 0.229 e. The van der Waals surface area contributed by atoms with E-state index < -0.39 is 7.92 Å². The molecule has 0 radical (unpaired) electrons. The van der Waals surface area contributed by atoms with Crippen LogP contribution in [0.2, 0.25) is 0 Å². The van der Waals surface area contributed by atoms with Gasteiger partial charge in [0.1, 0.15) is 11.6 Å². The highest BCUT2D eigenvalue weighted by Crippen LogP contribution is 2.42. The van der Waals surface area contributed by atoms with E-state index in [1.807, 2.05) is 36.3 Å². The van der Waals surface area contributed by atoms with Crippen LogP contribution < -0.4 is 25.6 Å². The molecule has 0 spiro atoms. The summed E-state index contributed by atoms with van der Waals surface area (Å²) in [5.41, 5.74) is 6.65. The molecule has 5 heterocycles. The molecular weight excluding hydrogens is 641 g/mol. The maximum absolute atomic E-state index is 6.13. The lowest BCUT2D eigenvalue weighted by atomic mass is 10.0. The number of benzene rings is 2. The minimum absolute atomic E-state index is 0.258. The van der Waals surface area contributed by atoms with Crippen molar-refractivity contribution in [1.29, 1.82) is 0 Å². The van der Waals surface area contributed by atoms with Gasteiger partial charge in [-0.2, -0.15) is 10.1 Å². The molecule has 2 aromatic carbocycles. The fourth-order valence-electron chi connectivity index (χ4n) is 6.04. The maximum Gasteiger partial charge on any atom is 0.229 e. The zero-order valence-electron chi connectivity index (χ0n) is 25.0. The van der Waals surface area contributed by atoms with Crippen LogP contribution in [0.1, 0.15) is 12.8 Å². The molecule has 5 aromatic rings. The Labute approximate surface area is 265 Å². The molecule has 2 fully saturated rings. The molecule has 11 nitrogen and oxygen atoms in total. The molecule has 2 saturated heterocycles. The molecule has 2 atom stereocenters. The van der Waals surface area contributed by atoms with E-state index in [0.717, 1.165) is 74.9 Å². The van der Waals surface area contributed by atoms with Crippen molar-refractivity contribution < 1.29 is 9.47 Å². The molecule has 7 rings (SSSR count). The quantitative estimate of drug-likeness (QED) is 0.196. The Bertz CT molecular complexity index is 1840. The molecule has 3 aromatic heterocycles. The lowest BCUT2D eigenvalue weighted by molar-refractivity contribution is 0.0305. The minimum Gasteiger partial charge on any atom is -0.494 e. The topological polar surface area (TPSA) is 115 Å². The van der Waals surface area contributed by atoms with Crippen LogP contribution in [0.25, 0.3) is 22.2 Å². The Morgan fingerprint density at radius 3 is 2.52 bits per heavy atom. The van der Waals surface area contributed by atoms with Gasteiger partial charge in [-0.25, -0.2) is 4.98 Å². The average Bonchev–Trinajstić information content (AvgIpc) is 3.61. The second-order valence-electron chi connectivity index (χ2n) is 11.3. The molecule has 2 aliphatic heterocycles. The first-order valence-corrected chi connectivity index (χ1v) is 17.5. The molecule has 2 N–H and O–H groups in total. The van der Waals surface area contributed by atoms with Crippen LogP contribution in [0.4, 0.5) is 28.8 Å².